The van der Waals surface area contributed by atoms with Crippen molar-refractivity contribution >= 4 is 52.0 Å². The van der Waals surface area contributed by atoms with Crippen LogP contribution in [0.5, 0.6) is 0 Å². The average molecular weight is 359 g/mol. The standard InChI is InChI=1S/C14H10Cl3N3S/c1-20-14(18)11(8-3-2-7(15)6-10(8)17)12(19-20)13-9(16)4-5-21-13/h2-6H,18H2,1H3. The molecular weight excluding hydrogens is 349 g/mol. The minimum absolute atomic E-state index is 0.524. The maximum absolute atomic E-state index is 6.31. The summed E-state index contributed by atoms with van der Waals surface area (Å²) < 4.78 is 1.62. The molecule has 0 bridgehead atoms. The van der Waals surface area contributed by atoms with Gasteiger partial charge in [-0.3, -0.25) is 4.68 Å². The van der Waals surface area contributed by atoms with Crippen molar-refractivity contribution in [2.24, 2.45) is 7.05 Å². The van der Waals surface area contributed by atoms with Gasteiger partial charge < -0.3 is 5.73 Å². The molecule has 21 heavy (non-hydrogen) atoms. The van der Waals surface area contributed by atoms with E-state index in [1.54, 1.807) is 23.9 Å². The fourth-order valence-electron chi connectivity index (χ4n) is 2.12. The maximum Gasteiger partial charge on any atom is 0.130 e. The van der Waals surface area contributed by atoms with E-state index in [-0.39, 0.29) is 0 Å². The number of nitrogens with two attached hydrogens (primary N) is 1. The predicted molar refractivity (Wildman–Crippen MR) is 91.4 cm³/mol. The zero-order valence-corrected chi connectivity index (χ0v) is 14.0. The number of hydrogen-bond donors (Lipinski definition) is 1. The van der Waals surface area contributed by atoms with Crippen LogP contribution in [0.4, 0.5) is 5.82 Å². The van der Waals surface area contributed by atoms with E-state index in [0.717, 1.165) is 21.7 Å². The average Bonchev–Trinajstić information content (AvgIpc) is 2.96. The van der Waals surface area contributed by atoms with Gasteiger partial charge in [0.15, 0.2) is 0 Å². The van der Waals surface area contributed by atoms with Gasteiger partial charge in [-0.2, -0.15) is 5.10 Å². The van der Waals surface area contributed by atoms with E-state index in [0.29, 0.717) is 20.9 Å². The number of aryl methyl sites for hydroxylation is 1. The Hall–Kier alpha value is -1.20. The van der Waals surface area contributed by atoms with Gasteiger partial charge in [0.05, 0.1) is 20.5 Å². The van der Waals surface area contributed by atoms with E-state index in [1.165, 1.54) is 11.3 Å². The van der Waals surface area contributed by atoms with E-state index in [4.69, 9.17) is 40.5 Å². The zero-order chi connectivity index (χ0) is 15.1. The van der Waals surface area contributed by atoms with Crippen LogP contribution >= 0.6 is 46.1 Å². The van der Waals surface area contributed by atoms with Crippen LogP contribution in [0.3, 0.4) is 0 Å². The van der Waals surface area contributed by atoms with Gasteiger partial charge in [0.25, 0.3) is 0 Å². The molecule has 1 aromatic carbocycles. The molecule has 0 saturated carbocycles. The monoisotopic (exact) mass is 357 g/mol. The van der Waals surface area contributed by atoms with E-state index in [9.17, 15) is 0 Å². The first kappa shape index (κ1) is 14.7. The Bertz CT molecular complexity index is 823. The number of hydrogen-bond acceptors (Lipinski definition) is 3. The van der Waals surface area contributed by atoms with Crippen LogP contribution in [0.15, 0.2) is 29.6 Å². The molecule has 0 saturated heterocycles. The Morgan fingerprint density at radius 2 is 1.90 bits per heavy atom. The number of anilines is 1. The van der Waals surface area contributed by atoms with E-state index in [1.807, 2.05) is 17.5 Å². The Morgan fingerprint density at radius 1 is 1.14 bits per heavy atom. The molecule has 7 heteroatoms. The summed E-state index contributed by atoms with van der Waals surface area (Å²) in [5.41, 5.74) is 8.44. The van der Waals surface area contributed by atoms with Gasteiger partial charge in [0, 0.05) is 17.6 Å². The highest BCUT2D eigenvalue weighted by Crippen LogP contribution is 2.43. The van der Waals surface area contributed by atoms with Crippen LogP contribution in [-0.4, -0.2) is 9.78 Å². The van der Waals surface area contributed by atoms with Crippen molar-refractivity contribution in [2.75, 3.05) is 5.73 Å². The number of halogens is 3. The molecule has 2 heterocycles. The summed E-state index contributed by atoms with van der Waals surface area (Å²) in [5, 5.41) is 8.13. The van der Waals surface area contributed by atoms with Crippen molar-refractivity contribution in [1.82, 2.24) is 9.78 Å². The van der Waals surface area contributed by atoms with Gasteiger partial charge in [-0.05, 0) is 23.6 Å². The van der Waals surface area contributed by atoms with Crippen molar-refractivity contribution in [3.8, 4) is 21.7 Å². The lowest BCUT2D eigenvalue weighted by atomic mass is 10.0. The fraction of sp³-hybridized carbons (Fsp3) is 0.0714. The summed E-state index contributed by atoms with van der Waals surface area (Å²) in [7, 11) is 1.79. The topological polar surface area (TPSA) is 43.8 Å². The lowest BCUT2D eigenvalue weighted by molar-refractivity contribution is 0.783. The van der Waals surface area contributed by atoms with E-state index < -0.39 is 0 Å². The molecule has 0 aliphatic heterocycles. The molecule has 2 aromatic heterocycles. The number of aromatic nitrogens is 2. The van der Waals surface area contributed by atoms with Crippen LogP contribution in [0, 0.1) is 0 Å². The zero-order valence-electron chi connectivity index (χ0n) is 10.9. The second-order valence-electron chi connectivity index (χ2n) is 4.45. The van der Waals surface area contributed by atoms with Gasteiger partial charge in [0.1, 0.15) is 11.5 Å². The first-order valence-corrected chi connectivity index (χ1v) is 8.01. The summed E-state index contributed by atoms with van der Waals surface area (Å²) in [6.45, 7) is 0. The van der Waals surface area contributed by atoms with Crippen molar-refractivity contribution < 1.29 is 0 Å². The van der Waals surface area contributed by atoms with Crippen LogP contribution in [-0.2, 0) is 7.05 Å². The molecule has 0 aliphatic carbocycles. The Kier molecular flexibility index (Phi) is 3.88. The van der Waals surface area contributed by atoms with Gasteiger partial charge in [-0.25, -0.2) is 0 Å². The Balaban J connectivity index is 2.30. The minimum Gasteiger partial charge on any atom is -0.383 e. The quantitative estimate of drug-likeness (QED) is 0.670. The van der Waals surface area contributed by atoms with Crippen molar-refractivity contribution in [2.45, 2.75) is 0 Å². The molecule has 0 unspecified atom stereocenters. The molecule has 3 aromatic rings. The molecule has 0 atom stereocenters. The molecule has 0 amide bonds. The second kappa shape index (κ2) is 5.54. The SMILES string of the molecule is Cn1nc(-c2sccc2Cl)c(-c2ccc(Cl)cc2Cl)c1N. The number of nitrogens with zero attached hydrogens (tertiary/aromatic N) is 2. The molecule has 3 nitrogen and oxygen atoms in total. The van der Waals surface area contributed by atoms with Crippen LogP contribution in [0.25, 0.3) is 21.7 Å². The Labute approximate surface area is 140 Å². The lowest BCUT2D eigenvalue weighted by Gasteiger charge is -2.06. The lowest BCUT2D eigenvalue weighted by Crippen LogP contribution is -1.98. The normalized spacial score (nSPS) is 11.0. The van der Waals surface area contributed by atoms with Crippen molar-refractivity contribution in [3.05, 3.63) is 44.7 Å². The van der Waals surface area contributed by atoms with Crippen molar-refractivity contribution in [3.63, 3.8) is 0 Å². The third-order valence-electron chi connectivity index (χ3n) is 3.12. The molecule has 0 radical (unpaired) electrons. The molecule has 0 fully saturated rings. The third-order valence-corrected chi connectivity index (χ3v) is 5.02. The number of benzene rings is 1. The first-order chi connectivity index (χ1) is 9.99. The molecular formula is C14H10Cl3N3S. The van der Waals surface area contributed by atoms with Crippen LogP contribution in [0.1, 0.15) is 0 Å². The van der Waals surface area contributed by atoms with Crippen LogP contribution < -0.4 is 5.73 Å². The van der Waals surface area contributed by atoms with Crippen LogP contribution in [0.2, 0.25) is 15.1 Å². The largest absolute Gasteiger partial charge is 0.383 e. The molecule has 3 rings (SSSR count). The van der Waals surface area contributed by atoms with Crippen molar-refractivity contribution in [1.29, 1.82) is 0 Å². The number of rotatable bonds is 2. The smallest absolute Gasteiger partial charge is 0.130 e. The summed E-state index contributed by atoms with van der Waals surface area (Å²) in [4.78, 5) is 0.866. The molecule has 0 spiro atoms. The molecule has 2 N–H and O–H groups in total. The van der Waals surface area contributed by atoms with Gasteiger partial charge in [0.2, 0.25) is 0 Å². The Morgan fingerprint density at radius 3 is 2.52 bits per heavy atom. The van der Waals surface area contributed by atoms with Gasteiger partial charge >= 0.3 is 0 Å². The van der Waals surface area contributed by atoms with Gasteiger partial charge in [-0.15, -0.1) is 11.3 Å². The number of nitrogen functional groups attached to an aromatic ring is 1. The maximum atomic E-state index is 6.31. The third kappa shape index (κ3) is 2.53. The minimum atomic E-state index is 0.524. The van der Waals surface area contributed by atoms with E-state index in [2.05, 4.69) is 5.10 Å². The van der Waals surface area contributed by atoms with E-state index >= 15 is 0 Å². The fourth-order valence-corrected chi connectivity index (χ4v) is 3.76. The molecule has 108 valence electrons. The predicted octanol–water partition coefficient (Wildman–Crippen LogP) is 5.36. The first-order valence-electron chi connectivity index (χ1n) is 6.00. The summed E-state index contributed by atoms with van der Waals surface area (Å²) in [6, 6.07) is 7.13. The highest BCUT2D eigenvalue weighted by atomic mass is 35.5. The number of thiophene rings is 1. The summed E-state index contributed by atoms with van der Waals surface area (Å²) in [6.07, 6.45) is 0. The molecule has 0 aliphatic rings. The summed E-state index contributed by atoms with van der Waals surface area (Å²) >= 11 is 20.0. The highest BCUT2D eigenvalue weighted by Gasteiger charge is 2.21. The summed E-state index contributed by atoms with van der Waals surface area (Å²) in [5.74, 6) is 0.527. The highest BCUT2D eigenvalue weighted by molar-refractivity contribution is 7.14. The second-order valence-corrected chi connectivity index (χ2v) is 6.62. The van der Waals surface area contributed by atoms with Gasteiger partial charge in [-0.1, -0.05) is 40.9 Å².